The Kier molecular flexibility index (Phi) is 5.02. The van der Waals surface area contributed by atoms with Crippen LogP contribution in [0, 0.1) is 0 Å². The summed E-state index contributed by atoms with van der Waals surface area (Å²) in [5.41, 5.74) is 1.77. The number of rotatable bonds is 7. The van der Waals surface area contributed by atoms with E-state index in [2.05, 4.69) is 24.4 Å². The average Bonchev–Trinajstić information content (AvgIpc) is 2.90. The molecule has 0 amide bonds. The quantitative estimate of drug-likeness (QED) is 0.802. The molecule has 20 heavy (non-hydrogen) atoms. The highest BCUT2D eigenvalue weighted by Crippen LogP contribution is 2.28. The lowest BCUT2D eigenvalue weighted by Gasteiger charge is -2.26. The summed E-state index contributed by atoms with van der Waals surface area (Å²) < 4.78 is 10.5. The van der Waals surface area contributed by atoms with Gasteiger partial charge in [-0.05, 0) is 31.0 Å². The first kappa shape index (κ1) is 15.3. The van der Waals surface area contributed by atoms with E-state index in [9.17, 15) is 5.11 Å². The molecule has 4 nitrogen and oxygen atoms in total. The predicted molar refractivity (Wildman–Crippen MR) is 79.2 cm³/mol. The predicted octanol–water partition coefficient (Wildman–Crippen LogP) is 2.06. The number of benzene rings is 1. The highest BCUT2D eigenvalue weighted by Gasteiger charge is 2.21. The van der Waals surface area contributed by atoms with Crippen LogP contribution >= 0.6 is 0 Å². The highest BCUT2D eigenvalue weighted by atomic mass is 16.5. The molecule has 0 spiro atoms. The van der Waals surface area contributed by atoms with E-state index in [1.165, 1.54) is 11.1 Å². The van der Waals surface area contributed by atoms with Crippen LogP contribution in [0.5, 0.6) is 5.75 Å². The molecule has 0 aromatic heterocycles. The van der Waals surface area contributed by atoms with Crippen molar-refractivity contribution in [3.05, 3.63) is 29.3 Å². The van der Waals surface area contributed by atoms with Gasteiger partial charge in [0.1, 0.15) is 5.75 Å². The number of ether oxygens (including phenoxy) is 2. The second-order valence-corrected chi connectivity index (χ2v) is 5.81. The first-order valence-corrected chi connectivity index (χ1v) is 7.22. The number of aliphatic hydroxyl groups is 1. The van der Waals surface area contributed by atoms with Gasteiger partial charge in [0.2, 0.25) is 0 Å². The zero-order chi connectivity index (χ0) is 14.6. The Morgan fingerprint density at radius 1 is 1.50 bits per heavy atom. The molecule has 0 bridgehead atoms. The normalized spacial score (nSPS) is 18.2. The lowest BCUT2D eigenvalue weighted by Crippen LogP contribution is -2.39. The summed E-state index contributed by atoms with van der Waals surface area (Å²) in [6.45, 7) is 5.85. The van der Waals surface area contributed by atoms with E-state index in [1.54, 1.807) is 7.11 Å². The maximum atomic E-state index is 10.2. The number of fused-ring (bicyclic) bond motifs is 1. The van der Waals surface area contributed by atoms with Gasteiger partial charge in [0, 0.05) is 39.1 Å². The summed E-state index contributed by atoms with van der Waals surface area (Å²) in [4.78, 5) is 0. The summed E-state index contributed by atoms with van der Waals surface area (Å²) >= 11 is 0. The molecule has 0 saturated heterocycles. The Balaban J connectivity index is 1.90. The van der Waals surface area contributed by atoms with Gasteiger partial charge in [0.15, 0.2) is 0 Å². The molecule has 2 rings (SSSR count). The van der Waals surface area contributed by atoms with Gasteiger partial charge in [-0.2, -0.15) is 0 Å². The fourth-order valence-corrected chi connectivity index (χ4v) is 2.38. The zero-order valence-corrected chi connectivity index (χ0v) is 12.6. The van der Waals surface area contributed by atoms with Crippen LogP contribution in [-0.4, -0.2) is 37.6 Å². The van der Waals surface area contributed by atoms with Crippen molar-refractivity contribution in [2.24, 2.45) is 0 Å². The van der Waals surface area contributed by atoms with Gasteiger partial charge < -0.3 is 19.9 Å². The van der Waals surface area contributed by atoms with Crippen molar-refractivity contribution in [3.63, 3.8) is 0 Å². The van der Waals surface area contributed by atoms with Crippen LogP contribution in [0.2, 0.25) is 0 Å². The molecule has 4 heteroatoms. The van der Waals surface area contributed by atoms with Gasteiger partial charge in [-0.1, -0.05) is 12.1 Å². The smallest absolute Gasteiger partial charge is 0.122 e. The molecule has 0 aliphatic carbocycles. The van der Waals surface area contributed by atoms with Crippen LogP contribution in [0.15, 0.2) is 18.2 Å². The van der Waals surface area contributed by atoms with E-state index >= 15 is 0 Å². The molecule has 1 aliphatic heterocycles. The standard InChI is InChI=1S/C16H25NO3/c1-12(17-11-16(2,18)7-9-19-3)13-4-5-15-14(10-13)6-8-20-15/h4-5,10,12,17-18H,6-9,11H2,1-3H3. The minimum atomic E-state index is -0.746. The molecule has 2 N–H and O–H groups in total. The molecule has 1 heterocycles. The SMILES string of the molecule is COCCC(C)(O)CNC(C)c1ccc2c(c1)CCO2. The summed E-state index contributed by atoms with van der Waals surface area (Å²) in [7, 11) is 1.65. The molecule has 1 aliphatic rings. The molecule has 2 unspecified atom stereocenters. The van der Waals surface area contributed by atoms with Gasteiger partial charge in [-0.25, -0.2) is 0 Å². The molecule has 0 saturated carbocycles. The van der Waals surface area contributed by atoms with Crippen LogP contribution < -0.4 is 10.1 Å². The second kappa shape index (κ2) is 6.57. The summed E-state index contributed by atoms with van der Waals surface area (Å²) in [5, 5.41) is 13.6. The van der Waals surface area contributed by atoms with Gasteiger partial charge in [-0.3, -0.25) is 0 Å². The van der Waals surface area contributed by atoms with Crippen molar-refractivity contribution in [3.8, 4) is 5.75 Å². The van der Waals surface area contributed by atoms with E-state index in [0.717, 1.165) is 18.8 Å². The van der Waals surface area contributed by atoms with Crippen LogP contribution in [-0.2, 0) is 11.2 Å². The second-order valence-electron chi connectivity index (χ2n) is 5.81. The van der Waals surface area contributed by atoms with E-state index < -0.39 is 5.60 Å². The van der Waals surface area contributed by atoms with Crippen molar-refractivity contribution < 1.29 is 14.6 Å². The van der Waals surface area contributed by atoms with Gasteiger partial charge in [0.05, 0.1) is 12.2 Å². The average molecular weight is 279 g/mol. The maximum absolute atomic E-state index is 10.2. The Morgan fingerprint density at radius 3 is 3.05 bits per heavy atom. The Hall–Kier alpha value is -1.10. The van der Waals surface area contributed by atoms with Crippen molar-refractivity contribution >= 4 is 0 Å². The van der Waals surface area contributed by atoms with E-state index in [0.29, 0.717) is 19.6 Å². The van der Waals surface area contributed by atoms with Crippen LogP contribution in [0.1, 0.15) is 37.4 Å². The molecule has 0 radical (unpaired) electrons. The van der Waals surface area contributed by atoms with E-state index in [-0.39, 0.29) is 6.04 Å². The molecular weight excluding hydrogens is 254 g/mol. The third kappa shape index (κ3) is 3.95. The van der Waals surface area contributed by atoms with Crippen molar-refractivity contribution in [2.75, 3.05) is 26.9 Å². The van der Waals surface area contributed by atoms with Gasteiger partial charge in [0.25, 0.3) is 0 Å². The Labute approximate surface area is 121 Å². The van der Waals surface area contributed by atoms with Crippen LogP contribution in [0.25, 0.3) is 0 Å². The van der Waals surface area contributed by atoms with Crippen molar-refractivity contribution in [2.45, 2.75) is 38.3 Å². The third-order valence-electron chi connectivity index (χ3n) is 3.85. The molecule has 112 valence electrons. The van der Waals surface area contributed by atoms with E-state index in [1.807, 2.05) is 13.0 Å². The summed E-state index contributed by atoms with van der Waals surface area (Å²) in [6.07, 6.45) is 1.61. The number of hydrogen-bond donors (Lipinski definition) is 2. The van der Waals surface area contributed by atoms with Crippen LogP contribution in [0.4, 0.5) is 0 Å². The first-order chi connectivity index (χ1) is 9.52. The van der Waals surface area contributed by atoms with E-state index in [4.69, 9.17) is 9.47 Å². The molecule has 1 aromatic carbocycles. The highest BCUT2D eigenvalue weighted by molar-refractivity contribution is 5.40. The summed E-state index contributed by atoms with van der Waals surface area (Å²) in [5.74, 6) is 1.01. The fourth-order valence-electron chi connectivity index (χ4n) is 2.38. The number of nitrogens with one attached hydrogen (secondary N) is 1. The minimum absolute atomic E-state index is 0.204. The minimum Gasteiger partial charge on any atom is -0.493 e. The Morgan fingerprint density at radius 2 is 2.30 bits per heavy atom. The molecular formula is C16H25NO3. The third-order valence-corrected chi connectivity index (χ3v) is 3.85. The van der Waals surface area contributed by atoms with Crippen molar-refractivity contribution in [1.29, 1.82) is 0 Å². The zero-order valence-electron chi connectivity index (χ0n) is 12.6. The summed E-state index contributed by atoms with van der Waals surface area (Å²) in [6, 6.07) is 6.53. The van der Waals surface area contributed by atoms with Gasteiger partial charge >= 0.3 is 0 Å². The molecule has 2 atom stereocenters. The first-order valence-electron chi connectivity index (χ1n) is 7.22. The largest absolute Gasteiger partial charge is 0.493 e. The topological polar surface area (TPSA) is 50.7 Å². The lowest BCUT2D eigenvalue weighted by molar-refractivity contribution is 0.0231. The lowest BCUT2D eigenvalue weighted by atomic mass is 10.0. The number of methoxy groups -OCH3 is 1. The Bertz CT molecular complexity index is 445. The maximum Gasteiger partial charge on any atom is 0.122 e. The monoisotopic (exact) mass is 279 g/mol. The number of hydrogen-bond acceptors (Lipinski definition) is 4. The fraction of sp³-hybridized carbons (Fsp3) is 0.625. The molecule has 1 aromatic rings. The van der Waals surface area contributed by atoms with Crippen LogP contribution in [0.3, 0.4) is 0 Å². The molecule has 0 fully saturated rings. The van der Waals surface area contributed by atoms with Gasteiger partial charge in [-0.15, -0.1) is 0 Å². The van der Waals surface area contributed by atoms with Crippen molar-refractivity contribution in [1.82, 2.24) is 5.32 Å².